The first-order valence-corrected chi connectivity index (χ1v) is 6.07. The zero-order chi connectivity index (χ0) is 11.6. The molecule has 0 radical (unpaired) electrons. The van der Waals surface area contributed by atoms with E-state index in [-0.39, 0.29) is 6.04 Å². The van der Waals surface area contributed by atoms with Crippen molar-refractivity contribution in [1.29, 1.82) is 0 Å². The molecule has 0 aromatic heterocycles. The zero-order valence-corrected chi connectivity index (χ0v) is 9.37. The molecular weight excluding hydrogens is 235 g/mol. The summed E-state index contributed by atoms with van der Waals surface area (Å²) in [4.78, 5) is 1.09. The fraction of sp³-hybridized carbons (Fsp3) is 0.455. The highest BCUT2D eigenvalue weighted by molar-refractivity contribution is 7.99. The second-order valence-electron chi connectivity index (χ2n) is 3.72. The number of halogens is 3. The Morgan fingerprint density at radius 2 is 2.06 bits per heavy atom. The summed E-state index contributed by atoms with van der Waals surface area (Å²) in [5, 5.41) is 2.58. The molecule has 1 atom stereocenters. The van der Waals surface area contributed by atoms with Crippen LogP contribution in [0.15, 0.2) is 29.2 Å². The van der Waals surface area contributed by atoms with Gasteiger partial charge in [-0.3, -0.25) is 0 Å². The van der Waals surface area contributed by atoms with Crippen LogP contribution in [0.2, 0.25) is 0 Å². The Bertz CT molecular complexity index is 364. The quantitative estimate of drug-likeness (QED) is 0.859. The fourth-order valence-corrected chi connectivity index (χ4v) is 2.92. The number of nitrogens with one attached hydrogen (secondary N) is 1. The number of benzene rings is 1. The molecule has 16 heavy (non-hydrogen) atoms. The molecule has 1 N–H and O–H groups in total. The Hall–Kier alpha value is -0.680. The Kier molecular flexibility index (Phi) is 3.44. The van der Waals surface area contributed by atoms with E-state index in [1.54, 1.807) is 11.8 Å². The third-order valence-corrected chi connectivity index (χ3v) is 3.63. The molecule has 0 amide bonds. The lowest BCUT2D eigenvalue weighted by Gasteiger charge is -2.26. The van der Waals surface area contributed by atoms with Crippen molar-refractivity contribution in [1.82, 2.24) is 5.32 Å². The Balaban J connectivity index is 2.07. The highest BCUT2D eigenvalue weighted by Crippen LogP contribution is 2.36. The summed E-state index contributed by atoms with van der Waals surface area (Å²) < 4.78 is 36.4. The lowest BCUT2D eigenvalue weighted by molar-refractivity contribution is -0.126. The van der Waals surface area contributed by atoms with Crippen LogP contribution >= 0.6 is 11.8 Å². The molecule has 1 aliphatic heterocycles. The number of hydrogen-bond donors (Lipinski definition) is 1. The van der Waals surface area contributed by atoms with E-state index in [4.69, 9.17) is 0 Å². The van der Waals surface area contributed by atoms with Crippen LogP contribution in [0.3, 0.4) is 0 Å². The summed E-state index contributed by atoms with van der Waals surface area (Å²) in [6.07, 6.45) is -3.39. The monoisotopic (exact) mass is 247 g/mol. The smallest absolute Gasteiger partial charge is 0.302 e. The minimum Gasteiger partial charge on any atom is -0.302 e. The maximum absolute atomic E-state index is 12.1. The molecule has 0 saturated carbocycles. The Morgan fingerprint density at radius 1 is 1.31 bits per heavy atom. The van der Waals surface area contributed by atoms with Crippen molar-refractivity contribution in [3.63, 3.8) is 0 Å². The van der Waals surface area contributed by atoms with Crippen molar-refractivity contribution < 1.29 is 13.2 Å². The molecule has 1 aliphatic rings. The van der Waals surface area contributed by atoms with E-state index in [2.05, 4.69) is 5.32 Å². The van der Waals surface area contributed by atoms with Crippen LogP contribution in [0.5, 0.6) is 0 Å². The van der Waals surface area contributed by atoms with Crippen molar-refractivity contribution in [3.8, 4) is 0 Å². The molecule has 5 heteroatoms. The van der Waals surface area contributed by atoms with Crippen LogP contribution in [-0.2, 0) is 0 Å². The number of rotatable bonds is 2. The van der Waals surface area contributed by atoms with E-state index >= 15 is 0 Å². The lowest BCUT2D eigenvalue weighted by atomic mass is 10.0. The third kappa shape index (κ3) is 2.92. The van der Waals surface area contributed by atoms with Crippen molar-refractivity contribution in [2.45, 2.75) is 23.5 Å². The summed E-state index contributed by atoms with van der Waals surface area (Å²) in [7, 11) is 0. The van der Waals surface area contributed by atoms with Gasteiger partial charge >= 0.3 is 6.18 Å². The van der Waals surface area contributed by atoms with Gasteiger partial charge in [-0.05, 0) is 23.8 Å². The second kappa shape index (κ2) is 4.67. The topological polar surface area (TPSA) is 12.0 Å². The van der Waals surface area contributed by atoms with Gasteiger partial charge in [-0.25, -0.2) is 0 Å². The third-order valence-electron chi connectivity index (χ3n) is 2.51. The largest absolute Gasteiger partial charge is 0.401 e. The zero-order valence-electron chi connectivity index (χ0n) is 8.55. The maximum atomic E-state index is 12.1. The average molecular weight is 247 g/mol. The van der Waals surface area contributed by atoms with Gasteiger partial charge in [0, 0.05) is 10.9 Å². The first kappa shape index (κ1) is 11.8. The SMILES string of the molecule is FC(F)(F)CNC1CCSc2ccccc21. The summed E-state index contributed by atoms with van der Waals surface area (Å²) in [6.45, 7) is -0.920. The predicted molar refractivity (Wildman–Crippen MR) is 58.6 cm³/mol. The molecule has 1 aromatic carbocycles. The van der Waals surface area contributed by atoms with Crippen molar-refractivity contribution >= 4 is 11.8 Å². The fourth-order valence-electron chi connectivity index (χ4n) is 1.79. The van der Waals surface area contributed by atoms with Gasteiger partial charge in [0.25, 0.3) is 0 Å². The number of hydrogen-bond acceptors (Lipinski definition) is 2. The van der Waals surface area contributed by atoms with Gasteiger partial charge in [-0.15, -0.1) is 11.8 Å². The minimum atomic E-state index is -4.14. The molecule has 1 aromatic rings. The predicted octanol–water partition coefficient (Wildman–Crippen LogP) is 3.38. The minimum absolute atomic E-state index is 0.168. The summed E-state index contributed by atoms with van der Waals surface area (Å²) in [5.41, 5.74) is 0.989. The van der Waals surface area contributed by atoms with Crippen LogP contribution in [0.4, 0.5) is 13.2 Å². The van der Waals surface area contributed by atoms with E-state index in [1.165, 1.54) is 0 Å². The first-order chi connectivity index (χ1) is 7.56. The molecule has 88 valence electrons. The Labute approximate surface area is 96.4 Å². The number of alkyl halides is 3. The molecular formula is C11H12F3NS. The van der Waals surface area contributed by atoms with Crippen molar-refractivity contribution in [2.24, 2.45) is 0 Å². The average Bonchev–Trinajstić information content (AvgIpc) is 2.25. The molecule has 1 heterocycles. The van der Waals surface area contributed by atoms with Crippen molar-refractivity contribution in [3.05, 3.63) is 29.8 Å². The van der Waals surface area contributed by atoms with Gasteiger partial charge < -0.3 is 5.32 Å². The van der Waals surface area contributed by atoms with Gasteiger partial charge in [0.05, 0.1) is 6.54 Å². The number of thioether (sulfide) groups is 1. The van der Waals surface area contributed by atoms with Crippen LogP contribution in [0.25, 0.3) is 0 Å². The molecule has 1 unspecified atom stereocenters. The lowest BCUT2D eigenvalue weighted by Crippen LogP contribution is -2.33. The summed E-state index contributed by atoms with van der Waals surface area (Å²) in [6, 6.07) is 7.47. The normalized spacial score (nSPS) is 20.6. The van der Waals surface area contributed by atoms with E-state index < -0.39 is 12.7 Å². The van der Waals surface area contributed by atoms with E-state index in [1.807, 2.05) is 24.3 Å². The molecule has 2 rings (SSSR count). The molecule has 1 nitrogen and oxygen atoms in total. The van der Waals surface area contributed by atoms with E-state index in [9.17, 15) is 13.2 Å². The van der Waals surface area contributed by atoms with Crippen molar-refractivity contribution in [2.75, 3.05) is 12.3 Å². The maximum Gasteiger partial charge on any atom is 0.401 e. The van der Waals surface area contributed by atoms with Crippen LogP contribution in [-0.4, -0.2) is 18.5 Å². The van der Waals surface area contributed by atoms with Gasteiger partial charge in [-0.1, -0.05) is 18.2 Å². The van der Waals surface area contributed by atoms with E-state index in [0.717, 1.165) is 22.6 Å². The second-order valence-corrected chi connectivity index (χ2v) is 4.86. The molecule has 0 fully saturated rings. The molecule has 0 spiro atoms. The van der Waals surface area contributed by atoms with Gasteiger partial charge in [-0.2, -0.15) is 13.2 Å². The first-order valence-electron chi connectivity index (χ1n) is 5.08. The standard InChI is InChI=1S/C11H12F3NS/c12-11(13,14)7-15-9-5-6-16-10-4-2-1-3-8(9)10/h1-4,9,15H,5-7H2. The van der Waals surface area contributed by atoms with Crippen LogP contribution < -0.4 is 5.32 Å². The van der Waals surface area contributed by atoms with Crippen LogP contribution in [0.1, 0.15) is 18.0 Å². The summed E-state index contributed by atoms with van der Waals surface area (Å²) >= 11 is 1.70. The van der Waals surface area contributed by atoms with Gasteiger partial charge in [0.1, 0.15) is 0 Å². The van der Waals surface area contributed by atoms with E-state index in [0.29, 0.717) is 0 Å². The van der Waals surface area contributed by atoms with Gasteiger partial charge in [0.2, 0.25) is 0 Å². The molecule has 0 aliphatic carbocycles. The molecule has 0 saturated heterocycles. The Morgan fingerprint density at radius 3 is 2.81 bits per heavy atom. The molecule has 0 bridgehead atoms. The highest BCUT2D eigenvalue weighted by Gasteiger charge is 2.29. The summed E-state index contributed by atoms with van der Waals surface area (Å²) in [5.74, 6) is 0.868. The van der Waals surface area contributed by atoms with Gasteiger partial charge in [0.15, 0.2) is 0 Å². The van der Waals surface area contributed by atoms with Crippen LogP contribution in [0, 0.1) is 0 Å². The highest BCUT2D eigenvalue weighted by atomic mass is 32.2. The number of fused-ring (bicyclic) bond motifs is 1.